The van der Waals surface area contributed by atoms with Crippen molar-refractivity contribution in [3.05, 3.63) is 101 Å². The smallest absolute Gasteiger partial charge is 0.256 e. The maximum Gasteiger partial charge on any atom is 0.256 e. The predicted molar refractivity (Wildman–Crippen MR) is 117 cm³/mol. The van der Waals surface area contributed by atoms with Gasteiger partial charge in [-0.2, -0.15) is 0 Å². The molecule has 0 heterocycles. The molecule has 0 atom stereocenters. The van der Waals surface area contributed by atoms with Crippen LogP contribution >= 0.6 is 0 Å². The maximum atomic E-state index is 12.4. The van der Waals surface area contributed by atoms with Crippen molar-refractivity contribution in [2.45, 2.75) is 12.4 Å². The van der Waals surface area contributed by atoms with Crippen LogP contribution < -0.4 is 10.1 Å². The molecule has 3 rings (SSSR count). The highest BCUT2D eigenvalue weighted by Gasteiger charge is 2.11. The largest absolute Gasteiger partial charge is 0.489 e. The molecule has 0 spiro atoms. The first-order valence-electron chi connectivity index (χ1n) is 9.24. The minimum atomic E-state index is -3.13. The monoisotopic (exact) mass is 422 g/mol. The average Bonchev–Trinajstić information content (AvgIpc) is 2.72. The van der Waals surface area contributed by atoms with E-state index in [0.717, 1.165) is 17.6 Å². The summed E-state index contributed by atoms with van der Waals surface area (Å²) >= 11 is 0. The number of hydrogen-bond acceptors (Lipinski definition) is 5. The molecule has 3 aromatic rings. The van der Waals surface area contributed by atoms with Crippen molar-refractivity contribution in [2.75, 3.05) is 6.26 Å². The summed E-state index contributed by atoms with van der Waals surface area (Å²) in [4.78, 5) is 12.4. The number of carbonyl (C=O) groups excluding carboxylic acids is 1. The van der Waals surface area contributed by atoms with Gasteiger partial charge in [0.2, 0.25) is 0 Å². The van der Waals surface area contributed by atoms with Crippen LogP contribution in [0.15, 0.2) is 78.9 Å². The summed E-state index contributed by atoms with van der Waals surface area (Å²) in [6.07, 6.45) is 1.16. The second-order valence-electron chi connectivity index (χ2n) is 6.89. The Morgan fingerprint density at radius 3 is 2.03 bits per heavy atom. The lowest BCUT2D eigenvalue weighted by atomic mass is 10.1. The Morgan fingerprint density at radius 2 is 1.43 bits per heavy atom. The lowest BCUT2D eigenvalue weighted by molar-refractivity contribution is 0.0977. The first kappa shape index (κ1) is 21.3. The third-order valence-electron chi connectivity index (χ3n) is 4.27. The summed E-state index contributed by atoms with van der Waals surface area (Å²) in [5, 5.41) is 10.7. The third kappa shape index (κ3) is 6.28. The van der Waals surface area contributed by atoms with Crippen LogP contribution in [0.4, 0.5) is 0 Å². The van der Waals surface area contributed by atoms with Gasteiger partial charge in [-0.05, 0) is 35.4 Å². The summed E-state index contributed by atoms with van der Waals surface area (Å²) in [6.45, 7) is 0.407. The SMILES string of the molecule is CS(=O)(=O)Cc1ccc(C(=O)NC(=N)c2ccc(COc3ccccc3)cc2)cc1. The van der Waals surface area contributed by atoms with Crippen LogP contribution in [0, 0.1) is 5.41 Å². The molecule has 6 nitrogen and oxygen atoms in total. The number of nitrogens with one attached hydrogen (secondary N) is 2. The Hall–Kier alpha value is -3.45. The van der Waals surface area contributed by atoms with E-state index in [0.29, 0.717) is 23.3 Å². The molecule has 0 aromatic heterocycles. The van der Waals surface area contributed by atoms with Gasteiger partial charge in [0.1, 0.15) is 18.2 Å². The van der Waals surface area contributed by atoms with Crippen molar-refractivity contribution in [1.82, 2.24) is 5.32 Å². The van der Waals surface area contributed by atoms with Gasteiger partial charge < -0.3 is 10.1 Å². The van der Waals surface area contributed by atoms with Crippen molar-refractivity contribution < 1.29 is 17.9 Å². The van der Waals surface area contributed by atoms with E-state index in [1.165, 1.54) is 0 Å². The van der Waals surface area contributed by atoms with Crippen LogP contribution in [0.25, 0.3) is 0 Å². The molecule has 2 N–H and O–H groups in total. The van der Waals surface area contributed by atoms with Crippen LogP contribution in [0.1, 0.15) is 27.0 Å². The van der Waals surface area contributed by atoms with Crippen molar-refractivity contribution >= 4 is 21.6 Å². The predicted octanol–water partition coefficient (Wildman–Crippen LogP) is 3.57. The van der Waals surface area contributed by atoms with Crippen LogP contribution in [-0.4, -0.2) is 26.4 Å². The average molecular weight is 423 g/mol. The van der Waals surface area contributed by atoms with Gasteiger partial charge in [-0.1, -0.05) is 54.6 Å². The second-order valence-corrected chi connectivity index (χ2v) is 9.03. The standard InChI is InChI=1S/C23H22N2O4S/c1-30(27,28)16-18-9-13-20(14-10-18)23(26)25-22(24)19-11-7-17(8-12-19)15-29-21-5-3-2-4-6-21/h2-14H,15-16H2,1H3,(H2,24,25,26). The first-order valence-corrected chi connectivity index (χ1v) is 11.3. The zero-order valence-corrected chi connectivity index (χ0v) is 17.3. The Bertz CT molecular complexity index is 1120. The summed E-state index contributed by atoms with van der Waals surface area (Å²) in [6, 6.07) is 23.0. The van der Waals surface area contributed by atoms with Crippen molar-refractivity contribution in [3.63, 3.8) is 0 Å². The molecular formula is C23H22N2O4S. The number of sulfone groups is 1. The van der Waals surface area contributed by atoms with Gasteiger partial charge in [0.15, 0.2) is 9.84 Å². The van der Waals surface area contributed by atoms with E-state index in [1.54, 1.807) is 36.4 Å². The van der Waals surface area contributed by atoms with E-state index in [2.05, 4.69) is 5.32 Å². The van der Waals surface area contributed by atoms with Crippen molar-refractivity contribution in [3.8, 4) is 5.75 Å². The van der Waals surface area contributed by atoms with Gasteiger partial charge in [0.25, 0.3) is 5.91 Å². The molecule has 3 aromatic carbocycles. The van der Waals surface area contributed by atoms with Crippen LogP contribution in [0.3, 0.4) is 0 Å². The molecule has 0 aliphatic rings. The van der Waals surface area contributed by atoms with Gasteiger partial charge in [-0.25, -0.2) is 8.42 Å². The van der Waals surface area contributed by atoms with Gasteiger partial charge in [0.05, 0.1) is 5.75 Å². The fourth-order valence-electron chi connectivity index (χ4n) is 2.76. The van der Waals surface area contributed by atoms with Crippen LogP contribution in [0.5, 0.6) is 5.75 Å². The van der Waals surface area contributed by atoms with E-state index in [4.69, 9.17) is 10.1 Å². The molecular weight excluding hydrogens is 400 g/mol. The minimum absolute atomic E-state index is 0.0178. The van der Waals surface area contributed by atoms with E-state index in [1.807, 2.05) is 42.5 Å². The number of carbonyl (C=O) groups is 1. The summed E-state index contributed by atoms with van der Waals surface area (Å²) in [7, 11) is -3.13. The zero-order chi connectivity index (χ0) is 21.6. The van der Waals surface area contributed by atoms with E-state index >= 15 is 0 Å². The Balaban J connectivity index is 1.56. The van der Waals surface area contributed by atoms with E-state index in [9.17, 15) is 13.2 Å². The molecule has 0 saturated carbocycles. The molecule has 1 amide bonds. The quantitative estimate of drug-likeness (QED) is 0.449. The fraction of sp³-hybridized carbons (Fsp3) is 0.130. The molecule has 0 fully saturated rings. The maximum absolute atomic E-state index is 12.4. The number of hydrogen-bond donors (Lipinski definition) is 2. The summed E-state index contributed by atoms with van der Waals surface area (Å²) in [5.74, 6) is 0.257. The molecule has 0 aliphatic heterocycles. The lowest BCUT2D eigenvalue weighted by Gasteiger charge is -2.09. The van der Waals surface area contributed by atoms with Gasteiger partial charge in [-0.3, -0.25) is 10.2 Å². The molecule has 0 aliphatic carbocycles. The number of amidine groups is 1. The second kappa shape index (κ2) is 9.37. The molecule has 154 valence electrons. The highest BCUT2D eigenvalue weighted by atomic mass is 32.2. The zero-order valence-electron chi connectivity index (χ0n) is 16.5. The number of rotatable bonds is 7. The normalized spacial score (nSPS) is 11.0. The topological polar surface area (TPSA) is 96.3 Å². The van der Waals surface area contributed by atoms with Gasteiger partial charge in [-0.15, -0.1) is 0 Å². The number of ether oxygens (including phenoxy) is 1. The van der Waals surface area contributed by atoms with Crippen molar-refractivity contribution in [1.29, 1.82) is 5.41 Å². The van der Waals surface area contributed by atoms with Crippen LogP contribution in [0.2, 0.25) is 0 Å². The Morgan fingerprint density at radius 1 is 0.867 bits per heavy atom. The summed E-state index contributed by atoms with van der Waals surface area (Å²) in [5.41, 5.74) is 2.48. The van der Waals surface area contributed by atoms with Gasteiger partial charge >= 0.3 is 0 Å². The Labute approximate surface area is 176 Å². The minimum Gasteiger partial charge on any atom is -0.489 e. The molecule has 0 bridgehead atoms. The highest BCUT2D eigenvalue weighted by molar-refractivity contribution is 7.89. The van der Waals surface area contributed by atoms with Gasteiger partial charge in [0, 0.05) is 17.4 Å². The molecule has 7 heteroatoms. The molecule has 0 saturated heterocycles. The van der Waals surface area contributed by atoms with E-state index < -0.39 is 15.7 Å². The fourth-order valence-corrected chi connectivity index (χ4v) is 3.56. The number of amides is 1. The molecule has 30 heavy (non-hydrogen) atoms. The molecule has 0 radical (unpaired) electrons. The lowest BCUT2D eigenvalue weighted by Crippen LogP contribution is -2.30. The number of benzene rings is 3. The highest BCUT2D eigenvalue weighted by Crippen LogP contribution is 2.13. The first-order chi connectivity index (χ1) is 14.3. The van der Waals surface area contributed by atoms with Crippen molar-refractivity contribution in [2.24, 2.45) is 0 Å². The summed E-state index contributed by atoms with van der Waals surface area (Å²) < 4.78 is 28.4. The van der Waals surface area contributed by atoms with Crippen LogP contribution in [-0.2, 0) is 22.2 Å². The van der Waals surface area contributed by atoms with E-state index in [-0.39, 0.29) is 11.6 Å². The third-order valence-corrected chi connectivity index (χ3v) is 5.13. The molecule has 0 unspecified atom stereocenters. The Kier molecular flexibility index (Phi) is 6.64. The number of para-hydroxylation sites is 1.